The standard InChI is InChI=1S/C25H28N2O5S/c1-15(2)22-21(27-25(29)26-18-8-6-16(3)7-9-18)14-17(4)23(28)24(22)33(30,31)20-12-10-19(32-5)11-13-20/h6-15,28H,1-5H3,(H2,26,27,29). The van der Waals surface area contributed by atoms with Crippen molar-refractivity contribution in [2.45, 2.75) is 43.4 Å². The van der Waals surface area contributed by atoms with Gasteiger partial charge in [-0.15, -0.1) is 0 Å². The van der Waals surface area contributed by atoms with Crippen LogP contribution in [-0.4, -0.2) is 26.7 Å². The minimum absolute atomic E-state index is 0.0150. The molecule has 0 saturated carbocycles. The molecule has 3 aromatic carbocycles. The molecule has 0 atom stereocenters. The van der Waals surface area contributed by atoms with Gasteiger partial charge in [0.15, 0.2) is 0 Å². The summed E-state index contributed by atoms with van der Waals surface area (Å²) >= 11 is 0. The van der Waals surface area contributed by atoms with Crippen LogP contribution in [0.2, 0.25) is 0 Å². The number of benzene rings is 3. The zero-order chi connectivity index (χ0) is 24.3. The Bertz CT molecular complexity index is 1270. The van der Waals surface area contributed by atoms with Crippen LogP contribution in [-0.2, 0) is 9.84 Å². The number of sulfone groups is 1. The van der Waals surface area contributed by atoms with Crippen molar-refractivity contribution in [2.24, 2.45) is 0 Å². The van der Waals surface area contributed by atoms with Crippen molar-refractivity contribution in [1.29, 1.82) is 0 Å². The molecule has 3 rings (SSSR count). The third kappa shape index (κ3) is 5.12. The van der Waals surface area contributed by atoms with E-state index in [0.29, 0.717) is 28.3 Å². The van der Waals surface area contributed by atoms with Crippen LogP contribution in [0.15, 0.2) is 64.4 Å². The lowest BCUT2D eigenvalue weighted by atomic mass is 9.98. The van der Waals surface area contributed by atoms with Crippen molar-refractivity contribution in [2.75, 3.05) is 17.7 Å². The molecule has 0 aliphatic carbocycles. The quantitative estimate of drug-likeness (QED) is 0.407. The number of carbonyl (C=O) groups excluding carboxylic acids is 1. The summed E-state index contributed by atoms with van der Waals surface area (Å²) in [6.45, 7) is 7.15. The monoisotopic (exact) mass is 468 g/mol. The predicted octanol–water partition coefficient (Wildman–Crippen LogP) is 5.62. The summed E-state index contributed by atoms with van der Waals surface area (Å²) in [5.74, 6) is -0.130. The molecule has 0 aliphatic rings. The second kappa shape index (κ2) is 9.54. The normalized spacial score (nSPS) is 11.3. The molecule has 0 aromatic heterocycles. The lowest BCUT2D eigenvalue weighted by Crippen LogP contribution is -2.21. The fourth-order valence-electron chi connectivity index (χ4n) is 3.53. The highest BCUT2D eigenvalue weighted by molar-refractivity contribution is 7.91. The van der Waals surface area contributed by atoms with E-state index < -0.39 is 15.9 Å². The van der Waals surface area contributed by atoms with Crippen molar-refractivity contribution in [1.82, 2.24) is 0 Å². The van der Waals surface area contributed by atoms with Gasteiger partial charge in [-0.1, -0.05) is 31.5 Å². The number of amides is 2. The van der Waals surface area contributed by atoms with Gasteiger partial charge in [0.25, 0.3) is 0 Å². The van der Waals surface area contributed by atoms with Gasteiger partial charge in [-0.3, -0.25) is 0 Å². The number of hydrogen-bond acceptors (Lipinski definition) is 5. The van der Waals surface area contributed by atoms with E-state index in [1.54, 1.807) is 51.1 Å². The van der Waals surface area contributed by atoms with E-state index in [4.69, 9.17) is 4.74 Å². The number of methoxy groups -OCH3 is 1. The van der Waals surface area contributed by atoms with E-state index in [1.807, 2.05) is 19.1 Å². The first-order valence-electron chi connectivity index (χ1n) is 10.4. The van der Waals surface area contributed by atoms with Crippen LogP contribution >= 0.6 is 0 Å². The number of hydrogen-bond donors (Lipinski definition) is 3. The Morgan fingerprint density at radius 3 is 2.12 bits per heavy atom. The van der Waals surface area contributed by atoms with Crippen LogP contribution in [0, 0.1) is 13.8 Å². The van der Waals surface area contributed by atoms with Crippen molar-refractivity contribution >= 4 is 27.2 Å². The summed E-state index contributed by atoms with van der Waals surface area (Å²) in [5, 5.41) is 16.3. The summed E-state index contributed by atoms with van der Waals surface area (Å²) in [4.78, 5) is 12.5. The molecule has 0 bridgehead atoms. The Morgan fingerprint density at radius 1 is 0.970 bits per heavy atom. The van der Waals surface area contributed by atoms with Crippen LogP contribution in [0.1, 0.15) is 36.5 Å². The number of rotatable bonds is 6. The first-order chi connectivity index (χ1) is 15.5. The number of nitrogens with one attached hydrogen (secondary N) is 2. The number of urea groups is 1. The van der Waals surface area contributed by atoms with Gasteiger partial charge in [0.1, 0.15) is 16.4 Å². The van der Waals surface area contributed by atoms with Crippen LogP contribution in [0.3, 0.4) is 0 Å². The summed E-state index contributed by atoms with van der Waals surface area (Å²) in [6.07, 6.45) is 0. The van der Waals surface area contributed by atoms with E-state index in [1.165, 1.54) is 19.2 Å². The maximum absolute atomic E-state index is 13.6. The minimum Gasteiger partial charge on any atom is -0.506 e. The molecular weight excluding hydrogens is 440 g/mol. The first-order valence-corrected chi connectivity index (χ1v) is 11.9. The van der Waals surface area contributed by atoms with Gasteiger partial charge in [0.2, 0.25) is 9.84 Å². The first kappa shape index (κ1) is 24.1. The molecule has 0 aliphatic heterocycles. The lowest BCUT2D eigenvalue weighted by Gasteiger charge is -2.21. The highest BCUT2D eigenvalue weighted by Gasteiger charge is 2.30. The number of ether oxygens (including phenoxy) is 1. The zero-order valence-electron chi connectivity index (χ0n) is 19.3. The van der Waals surface area contributed by atoms with Gasteiger partial charge in [-0.25, -0.2) is 13.2 Å². The fraction of sp³-hybridized carbons (Fsp3) is 0.240. The molecule has 0 fully saturated rings. The van der Waals surface area contributed by atoms with Crippen molar-refractivity contribution < 1.29 is 23.1 Å². The SMILES string of the molecule is COc1ccc(S(=O)(=O)c2c(O)c(C)cc(NC(=O)Nc3ccc(C)cc3)c2C(C)C)cc1. The van der Waals surface area contributed by atoms with Crippen molar-refractivity contribution in [3.8, 4) is 11.5 Å². The molecular formula is C25H28N2O5S. The molecule has 33 heavy (non-hydrogen) atoms. The summed E-state index contributed by atoms with van der Waals surface area (Å²) in [6, 6.07) is 14.3. The molecule has 0 unspecified atom stereocenters. The molecule has 0 radical (unpaired) electrons. The Labute approximate surface area is 194 Å². The van der Waals surface area contributed by atoms with Gasteiger partial charge >= 0.3 is 6.03 Å². The highest BCUT2D eigenvalue weighted by Crippen LogP contribution is 2.42. The largest absolute Gasteiger partial charge is 0.506 e. The fourth-order valence-corrected chi connectivity index (χ4v) is 5.32. The van der Waals surface area contributed by atoms with E-state index in [9.17, 15) is 18.3 Å². The molecule has 0 saturated heterocycles. The smallest absolute Gasteiger partial charge is 0.323 e. The molecule has 7 nitrogen and oxygen atoms in total. The van der Waals surface area contributed by atoms with E-state index in [2.05, 4.69) is 10.6 Å². The number of aryl methyl sites for hydroxylation is 2. The van der Waals surface area contributed by atoms with E-state index >= 15 is 0 Å². The zero-order valence-corrected chi connectivity index (χ0v) is 20.1. The van der Waals surface area contributed by atoms with Gasteiger partial charge in [-0.2, -0.15) is 0 Å². The Balaban J connectivity index is 2.07. The average Bonchev–Trinajstić information content (AvgIpc) is 2.77. The van der Waals surface area contributed by atoms with Crippen LogP contribution < -0.4 is 15.4 Å². The molecule has 2 amide bonds. The van der Waals surface area contributed by atoms with Gasteiger partial charge < -0.3 is 20.5 Å². The number of phenols is 1. The topological polar surface area (TPSA) is 105 Å². The van der Waals surface area contributed by atoms with E-state index in [-0.39, 0.29) is 21.5 Å². The Morgan fingerprint density at radius 2 is 1.58 bits per heavy atom. The Hall–Kier alpha value is -3.52. The maximum atomic E-state index is 13.6. The molecule has 3 aromatic rings. The van der Waals surface area contributed by atoms with Gasteiger partial charge in [-0.05, 0) is 67.8 Å². The number of carbonyl (C=O) groups is 1. The maximum Gasteiger partial charge on any atom is 0.323 e. The van der Waals surface area contributed by atoms with E-state index in [0.717, 1.165) is 5.56 Å². The van der Waals surface area contributed by atoms with Crippen LogP contribution in [0.25, 0.3) is 0 Å². The number of anilines is 2. The predicted molar refractivity (Wildman–Crippen MR) is 129 cm³/mol. The number of phenolic OH excluding ortho intramolecular Hbond substituents is 1. The van der Waals surface area contributed by atoms with Crippen molar-refractivity contribution in [3.05, 3.63) is 71.3 Å². The van der Waals surface area contributed by atoms with Gasteiger partial charge in [0.05, 0.1) is 12.0 Å². The molecule has 8 heteroatoms. The minimum atomic E-state index is -4.09. The summed E-state index contributed by atoms with van der Waals surface area (Å²) in [5.41, 5.74) is 2.64. The van der Waals surface area contributed by atoms with Crippen molar-refractivity contribution in [3.63, 3.8) is 0 Å². The average molecular weight is 469 g/mol. The third-order valence-corrected chi connectivity index (χ3v) is 7.10. The third-order valence-electron chi connectivity index (χ3n) is 5.26. The van der Waals surface area contributed by atoms with Crippen LogP contribution in [0.4, 0.5) is 16.2 Å². The van der Waals surface area contributed by atoms with Gasteiger partial charge in [0, 0.05) is 16.9 Å². The summed E-state index contributed by atoms with van der Waals surface area (Å²) < 4.78 is 32.2. The molecule has 0 heterocycles. The Kier molecular flexibility index (Phi) is 6.98. The van der Waals surface area contributed by atoms with Crippen LogP contribution in [0.5, 0.6) is 11.5 Å². The summed E-state index contributed by atoms with van der Waals surface area (Å²) in [7, 11) is -2.60. The highest BCUT2D eigenvalue weighted by atomic mass is 32.2. The second-order valence-electron chi connectivity index (χ2n) is 8.11. The lowest BCUT2D eigenvalue weighted by molar-refractivity contribution is 0.262. The molecule has 3 N–H and O–H groups in total. The second-order valence-corrected chi connectivity index (χ2v) is 10.00. The number of aromatic hydroxyl groups is 1. The molecule has 0 spiro atoms. The molecule has 174 valence electrons.